The van der Waals surface area contributed by atoms with Crippen molar-refractivity contribution in [2.75, 3.05) is 34.9 Å². The van der Waals surface area contributed by atoms with Gasteiger partial charge in [0.15, 0.2) is 6.29 Å². The van der Waals surface area contributed by atoms with Gasteiger partial charge in [-0.2, -0.15) is 0 Å². The molecule has 11 heteroatoms. The summed E-state index contributed by atoms with van der Waals surface area (Å²) in [6.45, 7) is 26.8. The molecule has 326 valence electrons. The smallest absolute Gasteiger partial charge is 0.309 e. The summed E-state index contributed by atoms with van der Waals surface area (Å²) < 4.78 is 30.9. The topological polar surface area (TPSA) is 144 Å². The number of hydrogen-bond donors (Lipinski definition) is 3. The van der Waals surface area contributed by atoms with E-state index in [0.29, 0.717) is 24.8 Å². The SMILES string of the molecule is CC.CC1CCOC(C)[C@@H]1O.CC[C@@H]1C(C)C(=O)O[C@H](CC)[C@@](C)(O)C(CC=O)/C(C)=C\[C@H](C)C[C@@](C)(OC)[C@H](OC2CC(N(C)C)CC(C)O2)[C@H]1C.CO. The molecule has 3 heterocycles. The van der Waals surface area contributed by atoms with Crippen molar-refractivity contribution in [3.63, 3.8) is 0 Å². The number of aliphatic hydroxyl groups excluding tert-OH is 2. The number of ether oxygens (including phenoxy) is 5. The Morgan fingerprint density at radius 1 is 1.02 bits per heavy atom. The number of methoxy groups -OCH3 is 1. The number of nitrogens with zero attached hydrogens (tertiary/aromatic N) is 1. The number of esters is 1. The first-order valence-electron chi connectivity index (χ1n) is 21.1. The van der Waals surface area contributed by atoms with Crippen molar-refractivity contribution in [1.82, 2.24) is 4.90 Å². The second-order valence-corrected chi connectivity index (χ2v) is 16.7. The molecule has 0 aromatic rings. The lowest BCUT2D eigenvalue weighted by molar-refractivity contribution is -0.268. The summed E-state index contributed by atoms with van der Waals surface area (Å²) in [6.07, 6.45) is 5.97. The number of carbonyl (C=O) groups excluding carboxylic acids is 2. The number of rotatable bonds is 8. The summed E-state index contributed by atoms with van der Waals surface area (Å²) in [6, 6.07) is 0.343. The molecule has 0 aliphatic carbocycles. The number of hydrogen-bond acceptors (Lipinski definition) is 11. The van der Waals surface area contributed by atoms with Crippen LogP contribution in [-0.4, -0.2) is 121 Å². The molecule has 0 spiro atoms. The number of allylic oxidation sites excluding steroid dienone is 1. The van der Waals surface area contributed by atoms with Crippen molar-refractivity contribution < 1.29 is 48.6 Å². The minimum absolute atomic E-state index is 0.0359. The van der Waals surface area contributed by atoms with Crippen LogP contribution in [0.2, 0.25) is 0 Å². The average Bonchev–Trinajstić information content (AvgIpc) is 3.14. The van der Waals surface area contributed by atoms with Crippen molar-refractivity contribution >= 4 is 12.3 Å². The van der Waals surface area contributed by atoms with Gasteiger partial charge in [0.2, 0.25) is 0 Å². The highest BCUT2D eigenvalue weighted by Gasteiger charge is 2.48. The van der Waals surface area contributed by atoms with Crippen LogP contribution in [0.1, 0.15) is 135 Å². The Hall–Kier alpha value is -1.44. The van der Waals surface area contributed by atoms with Crippen LogP contribution in [0.4, 0.5) is 0 Å². The molecule has 0 saturated carbocycles. The Kier molecular flexibility index (Phi) is 25.1. The molecule has 0 aromatic carbocycles. The fraction of sp³-hybridized carbons (Fsp3) is 0.909. The average molecular weight is 788 g/mol. The van der Waals surface area contributed by atoms with Crippen molar-refractivity contribution in [2.24, 2.45) is 35.5 Å². The molecule has 7 unspecified atom stereocenters. The second kappa shape index (κ2) is 25.8. The van der Waals surface area contributed by atoms with Crippen molar-refractivity contribution in [1.29, 1.82) is 0 Å². The molecule has 3 rings (SSSR count). The number of aldehydes is 1. The molecular weight excluding hydrogens is 702 g/mol. The summed E-state index contributed by atoms with van der Waals surface area (Å²) in [5.41, 5.74) is -1.21. The number of carbonyl (C=O) groups is 2. The predicted octanol–water partition coefficient (Wildman–Crippen LogP) is 7.22. The number of cyclic esters (lactones) is 1. The maximum absolute atomic E-state index is 13.7. The zero-order chi connectivity index (χ0) is 42.8. The second-order valence-electron chi connectivity index (χ2n) is 16.7. The Morgan fingerprint density at radius 2 is 1.62 bits per heavy atom. The van der Waals surface area contributed by atoms with Gasteiger partial charge in [0.1, 0.15) is 18.0 Å². The van der Waals surface area contributed by atoms with Crippen molar-refractivity contribution in [3.8, 4) is 0 Å². The van der Waals surface area contributed by atoms with Gasteiger partial charge in [-0.05, 0) is 98.1 Å². The third kappa shape index (κ3) is 15.3. The maximum Gasteiger partial charge on any atom is 0.309 e. The highest BCUT2D eigenvalue weighted by atomic mass is 16.7. The fourth-order valence-electron chi connectivity index (χ4n) is 8.97. The zero-order valence-corrected chi connectivity index (χ0v) is 38.0. The molecule has 2 fully saturated rings. The molecule has 0 amide bonds. The van der Waals surface area contributed by atoms with Crippen LogP contribution in [0.3, 0.4) is 0 Å². The third-order valence-electron chi connectivity index (χ3n) is 12.3. The monoisotopic (exact) mass is 788 g/mol. The van der Waals surface area contributed by atoms with E-state index in [-0.39, 0.29) is 54.6 Å². The molecule has 0 bridgehead atoms. The van der Waals surface area contributed by atoms with E-state index in [9.17, 15) is 19.8 Å². The van der Waals surface area contributed by atoms with Crippen LogP contribution >= 0.6 is 0 Å². The molecule has 3 aliphatic heterocycles. The van der Waals surface area contributed by atoms with Gasteiger partial charge in [-0.1, -0.05) is 73.5 Å². The van der Waals surface area contributed by atoms with E-state index in [1.54, 1.807) is 14.0 Å². The Balaban J connectivity index is 0.00000191. The van der Waals surface area contributed by atoms with Gasteiger partial charge in [-0.3, -0.25) is 4.79 Å². The highest BCUT2D eigenvalue weighted by Crippen LogP contribution is 2.42. The standard InChI is InChI=1S/C34H61NO7.C7H14O2.C2H6.CH4O/c1-13-27-24(6)31(42-30-19-26(35(10)11)18-23(5)40-30)33(8,39-12)20-21(3)17-22(4)28(15-16-36)34(9,38)29(14-2)41-32(37)25(27)7;1-5-3-4-9-6(2)7(5)8;2*1-2/h16-17,21,23-31,38H,13-15,18-20H2,1-12H3;5-8H,3-4H2,1-2H3;1-2H3;2H,1H3/b22-17-;;;/t21-,23?,24-,25?,26?,27-,28?,29+,30?,31+,33+,34-;5?,6?,7-;;/m01../s1. The van der Waals surface area contributed by atoms with Gasteiger partial charge >= 0.3 is 5.97 Å². The van der Waals surface area contributed by atoms with Gasteiger partial charge in [0.05, 0.1) is 35.9 Å². The Bertz CT molecular complexity index is 1090. The molecule has 3 N–H and O–H groups in total. The maximum atomic E-state index is 13.7. The van der Waals surface area contributed by atoms with Gasteiger partial charge in [-0.15, -0.1) is 0 Å². The predicted molar refractivity (Wildman–Crippen MR) is 221 cm³/mol. The van der Waals surface area contributed by atoms with Crippen LogP contribution < -0.4 is 0 Å². The van der Waals surface area contributed by atoms with Crippen LogP contribution in [0.25, 0.3) is 0 Å². The van der Waals surface area contributed by atoms with E-state index in [4.69, 9.17) is 28.8 Å². The van der Waals surface area contributed by atoms with Crippen molar-refractivity contribution in [3.05, 3.63) is 11.6 Å². The van der Waals surface area contributed by atoms with Gasteiger partial charge in [0.25, 0.3) is 0 Å². The van der Waals surface area contributed by atoms with Crippen molar-refractivity contribution in [2.45, 2.75) is 189 Å². The van der Waals surface area contributed by atoms with E-state index < -0.39 is 35.4 Å². The lowest BCUT2D eigenvalue weighted by atomic mass is 9.71. The molecule has 0 aromatic heterocycles. The van der Waals surface area contributed by atoms with Gasteiger partial charge in [-0.25, -0.2) is 0 Å². The summed E-state index contributed by atoms with van der Waals surface area (Å²) in [4.78, 5) is 27.7. The summed E-state index contributed by atoms with van der Waals surface area (Å²) in [5, 5.41) is 28.1. The largest absolute Gasteiger partial charge is 0.459 e. The lowest BCUT2D eigenvalue weighted by Crippen LogP contribution is -2.54. The Morgan fingerprint density at radius 3 is 2.09 bits per heavy atom. The molecule has 55 heavy (non-hydrogen) atoms. The van der Waals surface area contributed by atoms with Crippen LogP contribution in [-0.2, 0) is 33.3 Å². The summed E-state index contributed by atoms with van der Waals surface area (Å²) >= 11 is 0. The summed E-state index contributed by atoms with van der Waals surface area (Å²) in [5.74, 6) is -0.933. The zero-order valence-electron chi connectivity index (χ0n) is 38.0. The van der Waals surface area contributed by atoms with Crippen LogP contribution in [0.15, 0.2) is 11.6 Å². The minimum atomic E-state index is -1.41. The first-order valence-corrected chi connectivity index (χ1v) is 21.1. The van der Waals surface area contributed by atoms with E-state index in [1.807, 2.05) is 41.5 Å². The van der Waals surface area contributed by atoms with Crippen LogP contribution in [0, 0.1) is 35.5 Å². The molecule has 15 atom stereocenters. The number of aliphatic hydroxyl groups is 3. The molecule has 2 saturated heterocycles. The first-order chi connectivity index (χ1) is 25.8. The third-order valence-corrected chi connectivity index (χ3v) is 12.3. The van der Waals surface area contributed by atoms with E-state index >= 15 is 0 Å². The highest BCUT2D eigenvalue weighted by molar-refractivity contribution is 5.72. The fourth-order valence-corrected chi connectivity index (χ4v) is 8.97. The van der Waals surface area contributed by atoms with Gasteiger partial charge < -0.3 is 48.7 Å². The van der Waals surface area contributed by atoms with E-state index in [0.717, 1.165) is 51.3 Å². The quantitative estimate of drug-likeness (QED) is 0.130. The summed E-state index contributed by atoms with van der Waals surface area (Å²) in [7, 11) is 6.92. The minimum Gasteiger partial charge on any atom is -0.459 e. The Labute approximate surface area is 336 Å². The van der Waals surface area contributed by atoms with E-state index in [2.05, 4.69) is 66.6 Å². The lowest BCUT2D eigenvalue weighted by Gasteiger charge is -2.47. The first kappa shape index (κ1) is 53.6. The van der Waals surface area contributed by atoms with Crippen LogP contribution in [0.5, 0.6) is 0 Å². The molecular formula is C44H85NO10. The molecule has 0 radical (unpaired) electrons. The molecule has 3 aliphatic rings. The van der Waals surface area contributed by atoms with Gasteiger partial charge in [0, 0.05) is 45.6 Å². The normalized spacial score (nSPS) is 41.3. The molecule has 11 nitrogen and oxygen atoms in total. The van der Waals surface area contributed by atoms with E-state index in [1.165, 1.54) is 0 Å².